The van der Waals surface area contributed by atoms with Gasteiger partial charge in [-0.1, -0.05) is 30.7 Å². The summed E-state index contributed by atoms with van der Waals surface area (Å²) < 4.78 is 29.9. The van der Waals surface area contributed by atoms with Gasteiger partial charge < -0.3 is 10.5 Å². The van der Waals surface area contributed by atoms with Gasteiger partial charge in [0.05, 0.1) is 17.4 Å². The van der Waals surface area contributed by atoms with Gasteiger partial charge >= 0.3 is 0 Å². The lowest BCUT2D eigenvalue weighted by molar-refractivity contribution is 0.125. The van der Waals surface area contributed by atoms with Crippen LogP contribution >= 0.6 is 11.6 Å². The van der Waals surface area contributed by atoms with Crippen LogP contribution in [-0.4, -0.2) is 38.2 Å². The van der Waals surface area contributed by atoms with Crippen LogP contribution in [0.4, 0.5) is 0 Å². The zero-order valence-electron chi connectivity index (χ0n) is 11.7. The Kier molecular flexibility index (Phi) is 4.44. The molecule has 0 saturated heterocycles. The summed E-state index contributed by atoms with van der Waals surface area (Å²) in [5.74, 6) is -0.169. The summed E-state index contributed by atoms with van der Waals surface area (Å²) in [6.07, 6.45) is 0. The molecule has 2 rings (SSSR count). The maximum absolute atomic E-state index is 12.2. The van der Waals surface area contributed by atoms with Gasteiger partial charge in [-0.15, -0.1) is 0 Å². The van der Waals surface area contributed by atoms with Crippen LogP contribution in [0.15, 0.2) is 24.3 Å². The van der Waals surface area contributed by atoms with Crippen LogP contribution < -0.4 is 5.73 Å². The largest absolute Gasteiger partial charge is 0.380 e. The summed E-state index contributed by atoms with van der Waals surface area (Å²) in [6.45, 7) is 4.26. The highest BCUT2D eigenvalue weighted by molar-refractivity contribution is 7.92. The molecular weight excluding hydrogens is 298 g/mol. The van der Waals surface area contributed by atoms with Gasteiger partial charge in [0.15, 0.2) is 9.84 Å². The molecule has 2 N–H and O–H groups in total. The lowest BCUT2D eigenvalue weighted by Crippen LogP contribution is -2.36. The quantitative estimate of drug-likeness (QED) is 0.871. The number of nitrogens with two attached hydrogens (primary N) is 1. The van der Waals surface area contributed by atoms with E-state index in [9.17, 15) is 8.42 Å². The highest BCUT2D eigenvalue weighted by atomic mass is 35.5. The molecule has 0 bridgehead atoms. The van der Waals surface area contributed by atoms with Crippen molar-refractivity contribution >= 4 is 21.4 Å². The molecule has 112 valence electrons. The maximum Gasteiger partial charge on any atom is 0.155 e. The molecule has 0 amide bonds. The van der Waals surface area contributed by atoms with Crippen LogP contribution in [0.25, 0.3) is 0 Å². The fraction of sp³-hybridized carbons (Fsp3) is 0.571. The summed E-state index contributed by atoms with van der Waals surface area (Å²) in [5.41, 5.74) is 6.33. The first-order chi connectivity index (χ1) is 9.36. The van der Waals surface area contributed by atoms with E-state index in [1.807, 2.05) is 19.1 Å². The van der Waals surface area contributed by atoms with Crippen molar-refractivity contribution in [1.29, 1.82) is 0 Å². The number of hydrogen-bond acceptors (Lipinski definition) is 4. The minimum absolute atomic E-state index is 0.0831. The molecule has 0 aromatic heterocycles. The Hall–Kier alpha value is -0.620. The SMILES string of the molecule is CCOC[C@@]1(N)[C@@H](c2cccc(Cl)c2)[C@@H]1S(=O)(=O)CC. The highest BCUT2D eigenvalue weighted by Crippen LogP contribution is 2.54. The molecule has 4 nitrogen and oxygen atoms in total. The van der Waals surface area contributed by atoms with Gasteiger partial charge in [-0.3, -0.25) is 0 Å². The number of hydrogen-bond donors (Lipinski definition) is 1. The van der Waals surface area contributed by atoms with Crippen LogP contribution in [0.5, 0.6) is 0 Å². The smallest absolute Gasteiger partial charge is 0.155 e. The third-order valence-electron chi connectivity index (χ3n) is 3.86. The number of halogens is 1. The normalized spacial score (nSPS) is 29.4. The molecule has 3 atom stereocenters. The van der Waals surface area contributed by atoms with Crippen molar-refractivity contribution in [3.63, 3.8) is 0 Å². The Balaban J connectivity index is 2.35. The first-order valence-electron chi connectivity index (χ1n) is 6.70. The van der Waals surface area contributed by atoms with Gasteiger partial charge in [0, 0.05) is 23.3 Å². The maximum atomic E-state index is 12.2. The Morgan fingerprint density at radius 1 is 1.40 bits per heavy atom. The predicted octanol–water partition coefficient (Wildman–Crippen LogP) is 1.97. The van der Waals surface area contributed by atoms with Crippen LogP contribution in [0, 0.1) is 0 Å². The van der Waals surface area contributed by atoms with Crippen molar-refractivity contribution in [2.45, 2.75) is 30.6 Å². The average molecular weight is 318 g/mol. The molecule has 0 heterocycles. The highest BCUT2D eigenvalue weighted by Gasteiger charge is 2.68. The van der Waals surface area contributed by atoms with E-state index < -0.39 is 20.6 Å². The third kappa shape index (κ3) is 2.72. The van der Waals surface area contributed by atoms with Crippen LogP contribution in [0.2, 0.25) is 5.02 Å². The van der Waals surface area contributed by atoms with Crippen molar-refractivity contribution in [1.82, 2.24) is 0 Å². The van der Waals surface area contributed by atoms with Crippen molar-refractivity contribution in [2.75, 3.05) is 19.0 Å². The number of benzene rings is 1. The van der Waals surface area contributed by atoms with Crippen LogP contribution in [0.1, 0.15) is 25.3 Å². The molecule has 1 fully saturated rings. The van der Waals surface area contributed by atoms with Crippen molar-refractivity contribution in [3.8, 4) is 0 Å². The van der Waals surface area contributed by atoms with Gasteiger partial charge in [0.1, 0.15) is 0 Å². The fourth-order valence-corrected chi connectivity index (χ4v) is 4.97. The van der Waals surface area contributed by atoms with E-state index in [2.05, 4.69) is 0 Å². The Morgan fingerprint density at radius 3 is 2.65 bits per heavy atom. The van der Waals surface area contributed by atoms with E-state index in [1.165, 1.54) is 0 Å². The molecule has 0 radical (unpaired) electrons. The molecule has 6 heteroatoms. The fourth-order valence-electron chi connectivity index (χ4n) is 2.78. The molecule has 1 saturated carbocycles. The first-order valence-corrected chi connectivity index (χ1v) is 8.79. The summed E-state index contributed by atoms with van der Waals surface area (Å²) >= 11 is 5.99. The zero-order valence-corrected chi connectivity index (χ0v) is 13.2. The zero-order chi connectivity index (χ0) is 15.0. The van der Waals surface area contributed by atoms with Gasteiger partial charge in [-0.05, 0) is 24.6 Å². The molecular formula is C14H20ClNO3S. The number of sulfone groups is 1. The molecule has 0 unspecified atom stereocenters. The topological polar surface area (TPSA) is 69.4 Å². The minimum atomic E-state index is -3.22. The van der Waals surface area contributed by atoms with Gasteiger partial charge in [-0.2, -0.15) is 0 Å². The van der Waals surface area contributed by atoms with E-state index in [-0.39, 0.29) is 18.3 Å². The second-order valence-electron chi connectivity index (χ2n) is 5.15. The van der Waals surface area contributed by atoms with E-state index in [0.29, 0.717) is 11.6 Å². The van der Waals surface area contributed by atoms with E-state index in [4.69, 9.17) is 22.1 Å². The van der Waals surface area contributed by atoms with Gasteiger partial charge in [0.2, 0.25) is 0 Å². The molecule has 1 aliphatic rings. The van der Waals surface area contributed by atoms with Crippen molar-refractivity contribution < 1.29 is 13.2 Å². The lowest BCUT2D eigenvalue weighted by Gasteiger charge is -2.12. The summed E-state index contributed by atoms with van der Waals surface area (Å²) in [5, 5.41) is -0.00850. The summed E-state index contributed by atoms with van der Waals surface area (Å²) in [6, 6.07) is 7.23. The summed E-state index contributed by atoms with van der Waals surface area (Å²) in [7, 11) is -3.22. The van der Waals surface area contributed by atoms with Crippen molar-refractivity contribution in [3.05, 3.63) is 34.9 Å². The molecule has 0 spiro atoms. The number of rotatable bonds is 6. The van der Waals surface area contributed by atoms with Gasteiger partial charge in [0.25, 0.3) is 0 Å². The van der Waals surface area contributed by atoms with Crippen LogP contribution in [-0.2, 0) is 14.6 Å². The average Bonchev–Trinajstić information content (AvgIpc) is 3.04. The molecule has 1 aromatic rings. The van der Waals surface area contributed by atoms with E-state index in [0.717, 1.165) is 5.56 Å². The van der Waals surface area contributed by atoms with Crippen LogP contribution in [0.3, 0.4) is 0 Å². The molecule has 1 aliphatic carbocycles. The number of ether oxygens (including phenoxy) is 1. The Labute approximate surface area is 125 Å². The molecule has 1 aromatic carbocycles. The second kappa shape index (κ2) is 5.64. The van der Waals surface area contributed by atoms with E-state index in [1.54, 1.807) is 19.1 Å². The monoisotopic (exact) mass is 317 g/mol. The standard InChI is InChI=1S/C14H20ClNO3S/c1-3-19-9-14(16)12(13(14)20(17,18)4-2)10-6-5-7-11(15)8-10/h5-8,12-13H,3-4,9,16H2,1-2H3/t12-,13-,14+/m0/s1. The Morgan fingerprint density at radius 2 is 2.10 bits per heavy atom. The van der Waals surface area contributed by atoms with E-state index >= 15 is 0 Å². The summed E-state index contributed by atoms with van der Waals surface area (Å²) in [4.78, 5) is 0. The second-order valence-corrected chi connectivity index (χ2v) is 8.00. The predicted molar refractivity (Wildman–Crippen MR) is 80.9 cm³/mol. The minimum Gasteiger partial charge on any atom is -0.380 e. The van der Waals surface area contributed by atoms with Gasteiger partial charge in [-0.25, -0.2) is 8.42 Å². The Bertz CT molecular complexity index is 590. The lowest BCUT2D eigenvalue weighted by atomic mass is 10.1. The third-order valence-corrected chi connectivity index (χ3v) is 6.38. The van der Waals surface area contributed by atoms with Crippen molar-refractivity contribution in [2.24, 2.45) is 5.73 Å². The molecule has 0 aliphatic heterocycles. The molecule has 20 heavy (non-hydrogen) atoms. The first kappa shape index (κ1) is 15.8.